The summed E-state index contributed by atoms with van der Waals surface area (Å²) in [7, 11) is 0. The number of hydrogen-bond acceptors (Lipinski definition) is 1. The molecular formula is C14H20F3N. The van der Waals surface area contributed by atoms with E-state index in [-0.39, 0.29) is 11.1 Å². The van der Waals surface area contributed by atoms with Crippen molar-refractivity contribution < 1.29 is 13.2 Å². The first-order valence-corrected chi connectivity index (χ1v) is 6.18. The molecule has 0 radical (unpaired) electrons. The van der Waals surface area contributed by atoms with Gasteiger partial charge >= 0.3 is 0 Å². The molecule has 1 rings (SSSR count). The van der Waals surface area contributed by atoms with Gasteiger partial charge in [0.2, 0.25) is 0 Å². The highest BCUT2D eigenvalue weighted by atomic mass is 19.2. The van der Waals surface area contributed by atoms with E-state index in [4.69, 9.17) is 0 Å². The summed E-state index contributed by atoms with van der Waals surface area (Å²) in [6, 6.07) is 1.56. The zero-order valence-electron chi connectivity index (χ0n) is 11.1. The van der Waals surface area contributed by atoms with Gasteiger partial charge < -0.3 is 5.32 Å². The number of hydrogen-bond donors (Lipinski definition) is 1. The van der Waals surface area contributed by atoms with Crippen molar-refractivity contribution in [3.8, 4) is 0 Å². The zero-order valence-corrected chi connectivity index (χ0v) is 11.1. The average Bonchev–Trinajstić information content (AvgIpc) is 2.23. The van der Waals surface area contributed by atoms with Crippen LogP contribution < -0.4 is 5.32 Å². The lowest BCUT2D eigenvalue weighted by Gasteiger charge is -2.20. The average molecular weight is 259 g/mol. The normalized spacial score (nSPS) is 11.9. The largest absolute Gasteiger partial charge is 0.312 e. The standard InChI is InChI=1S/C14H20F3N/c1-14(2,3)18-7-5-4-6-10-8-12(16)13(17)9-11(10)15/h8-9,18H,4-7H2,1-3H3. The number of unbranched alkanes of at least 4 members (excludes halogenated alkanes) is 1. The lowest BCUT2D eigenvalue weighted by atomic mass is 10.1. The van der Waals surface area contributed by atoms with Gasteiger partial charge in [0, 0.05) is 11.6 Å². The summed E-state index contributed by atoms with van der Waals surface area (Å²) >= 11 is 0. The molecule has 1 aromatic carbocycles. The molecule has 0 aromatic heterocycles. The highest BCUT2D eigenvalue weighted by Crippen LogP contribution is 2.15. The summed E-state index contributed by atoms with van der Waals surface area (Å²) < 4.78 is 39.0. The molecule has 1 nitrogen and oxygen atoms in total. The molecule has 1 aromatic rings. The van der Waals surface area contributed by atoms with Crippen LogP contribution in [0.15, 0.2) is 12.1 Å². The molecule has 0 spiro atoms. The Labute approximate surface area is 106 Å². The second-order valence-electron chi connectivity index (χ2n) is 5.49. The Hall–Kier alpha value is -1.03. The van der Waals surface area contributed by atoms with Gasteiger partial charge in [-0.15, -0.1) is 0 Å². The summed E-state index contributed by atoms with van der Waals surface area (Å²) in [5, 5.41) is 3.32. The van der Waals surface area contributed by atoms with E-state index in [1.165, 1.54) is 0 Å². The fourth-order valence-electron chi connectivity index (χ4n) is 1.66. The van der Waals surface area contributed by atoms with Crippen LogP contribution in [0.1, 0.15) is 39.2 Å². The lowest BCUT2D eigenvalue weighted by Crippen LogP contribution is -2.36. The van der Waals surface area contributed by atoms with Gasteiger partial charge in [-0.1, -0.05) is 0 Å². The summed E-state index contributed by atoms with van der Waals surface area (Å²) in [6.07, 6.45) is 2.04. The number of nitrogens with one attached hydrogen (secondary N) is 1. The van der Waals surface area contributed by atoms with E-state index in [1.807, 2.05) is 0 Å². The first-order chi connectivity index (χ1) is 8.29. The van der Waals surface area contributed by atoms with Gasteiger partial charge in [0.05, 0.1) is 0 Å². The molecule has 0 aliphatic carbocycles. The van der Waals surface area contributed by atoms with E-state index in [0.717, 1.165) is 25.5 Å². The molecule has 4 heteroatoms. The maximum Gasteiger partial charge on any atom is 0.161 e. The van der Waals surface area contributed by atoms with Crippen LogP contribution in [0, 0.1) is 17.5 Å². The second kappa shape index (κ2) is 6.23. The molecule has 102 valence electrons. The van der Waals surface area contributed by atoms with Gasteiger partial charge in [0.25, 0.3) is 0 Å². The monoisotopic (exact) mass is 259 g/mol. The third-order valence-corrected chi connectivity index (χ3v) is 2.62. The Morgan fingerprint density at radius 1 is 0.944 bits per heavy atom. The number of rotatable bonds is 5. The van der Waals surface area contributed by atoms with Gasteiger partial charge in [0.1, 0.15) is 5.82 Å². The molecule has 18 heavy (non-hydrogen) atoms. The Morgan fingerprint density at radius 3 is 2.17 bits per heavy atom. The maximum atomic E-state index is 13.3. The van der Waals surface area contributed by atoms with Crippen molar-refractivity contribution in [3.05, 3.63) is 35.1 Å². The molecule has 0 saturated carbocycles. The summed E-state index contributed by atoms with van der Waals surface area (Å²) in [6.45, 7) is 7.04. The predicted octanol–water partition coefficient (Wildman–Crippen LogP) is 3.81. The molecule has 0 atom stereocenters. The van der Waals surface area contributed by atoms with Gasteiger partial charge in [-0.25, -0.2) is 13.2 Å². The Balaban J connectivity index is 2.38. The third-order valence-electron chi connectivity index (χ3n) is 2.62. The molecule has 0 unspecified atom stereocenters. The lowest BCUT2D eigenvalue weighted by molar-refractivity contribution is 0.418. The van der Waals surface area contributed by atoms with E-state index in [0.29, 0.717) is 12.5 Å². The SMILES string of the molecule is CC(C)(C)NCCCCc1cc(F)c(F)cc1F. The maximum absolute atomic E-state index is 13.3. The smallest absolute Gasteiger partial charge is 0.161 e. The molecule has 0 heterocycles. The van der Waals surface area contributed by atoms with E-state index in [2.05, 4.69) is 26.1 Å². The van der Waals surface area contributed by atoms with Crippen molar-refractivity contribution in [2.75, 3.05) is 6.54 Å². The molecule has 0 aliphatic rings. The minimum absolute atomic E-state index is 0.0627. The Bertz CT molecular complexity index is 397. The van der Waals surface area contributed by atoms with Crippen molar-refractivity contribution in [1.82, 2.24) is 5.32 Å². The van der Waals surface area contributed by atoms with Crippen molar-refractivity contribution in [3.63, 3.8) is 0 Å². The van der Waals surface area contributed by atoms with Crippen LogP contribution in [-0.2, 0) is 6.42 Å². The Kier molecular flexibility index (Phi) is 5.20. The van der Waals surface area contributed by atoms with Crippen molar-refractivity contribution in [1.29, 1.82) is 0 Å². The van der Waals surface area contributed by atoms with Crippen LogP contribution in [0.4, 0.5) is 13.2 Å². The van der Waals surface area contributed by atoms with Crippen LogP contribution in [0.5, 0.6) is 0 Å². The van der Waals surface area contributed by atoms with Gasteiger partial charge in [-0.2, -0.15) is 0 Å². The van der Waals surface area contributed by atoms with E-state index in [1.54, 1.807) is 0 Å². The van der Waals surface area contributed by atoms with Crippen molar-refractivity contribution >= 4 is 0 Å². The fraction of sp³-hybridized carbons (Fsp3) is 0.571. The first-order valence-electron chi connectivity index (χ1n) is 6.18. The van der Waals surface area contributed by atoms with Gasteiger partial charge in [0.15, 0.2) is 11.6 Å². The van der Waals surface area contributed by atoms with Gasteiger partial charge in [-0.3, -0.25) is 0 Å². The molecule has 0 bridgehead atoms. The quantitative estimate of drug-likeness (QED) is 0.626. The summed E-state index contributed by atoms with van der Waals surface area (Å²) in [5.74, 6) is -2.79. The first kappa shape index (κ1) is 15.0. The van der Waals surface area contributed by atoms with E-state index in [9.17, 15) is 13.2 Å². The third kappa shape index (κ3) is 5.08. The van der Waals surface area contributed by atoms with Crippen LogP contribution >= 0.6 is 0 Å². The molecule has 0 saturated heterocycles. The molecule has 0 aliphatic heterocycles. The molecule has 1 N–H and O–H groups in total. The highest BCUT2D eigenvalue weighted by Gasteiger charge is 2.10. The number of benzene rings is 1. The minimum Gasteiger partial charge on any atom is -0.312 e. The fourth-order valence-corrected chi connectivity index (χ4v) is 1.66. The van der Waals surface area contributed by atoms with Crippen molar-refractivity contribution in [2.45, 2.75) is 45.6 Å². The Morgan fingerprint density at radius 2 is 1.56 bits per heavy atom. The second-order valence-corrected chi connectivity index (χ2v) is 5.49. The van der Waals surface area contributed by atoms with E-state index >= 15 is 0 Å². The molecule has 0 amide bonds. The van der Waals surface area contributed by atoms with Crippen LogP contribution in [0.3, 0.4) is 0 Å². The highest BCUT2D eigenvalue weighted by molar-refractivity contribution is 5.20. The molecular weight excluding hydrogens is 239 g/mol. The predicted molar refractivity (Wildman–Crippen MR) is 67.0 cm³/mol. The number of aryl methyl sites for hydroxylation is 1. The van der Waals surface area contributed by atoms with Crippen molar-refractivity contribution in [2.24, 2.45) is 0 Å². The van der Waals surface area contributed by atoms with Crippen LogP contribution in [0.2, 0.25) is 0 Å². The van der Waals surface area contributed by atoms with Gasteiger partial charge in [-0.05, 0) is 58.2 Å². The van der Waals surface area contributed by atoms with Crippen LogP contribution in [0.25, 0.3) is 0 Å². The summed E-state index contributed by atoms with van der Waals surface area (Å²) in [5.41, 5.74) is 0.303. The summed E-state index contributed by atoms with van der Waals surface area (Å²) in [4.78, 5) is 0. The minimum atomic E-state index is -1.13. The topological polar surface area (TPSA) is 12.0 Å². The zero-order chi connectivity index (χ0) is 13.8. The van der Waals surface area contributed by atoms with Crippen LogP contribution in [-0.4, -0.2) is 12.1 Å². The van der Waals surface area contributed by atoms with E-state index < -0.39 is 17.5 Å². The molecule has 0 fully saturated rings. The number of halogens is 3.